The van der Waals surface area contributed by atoms with Crippen LogP contribution >= 0.6 is 0 Å². The number of pyridine rings is 1. The molecule has 0 bridgehead atoms. The molecule has 0 amide bonds. The lowest BCUT2D eigenvalue weighted by Crippen LogP contribution is -2.75. The number of para-hydroxylation sites is 2. The van der Waals surface area contributed by atoms with Gasteiger partial charge in [0.05, 0.1) is 11.0 Å². The van der Waals surface area contributed by atoms with Gasteiger partial charge in [-0.05, 0) is 58.9 Å². The molecule has 0 saturated carbocycles. The summed E-state index contributed by atoms with van der Waals surface area (Å²) in [4.78, 5) is 5.05. The van der Waals surface area contributed by atoms with Gasteiger partial charge >= 0.3 is 0 Å². The van der Waals surface area contributed by atoms with Gasteiger partial charge in [0.2, 0.25) is 8.07 Å². The average molecular weight is 517 g/mol. The van der Waals surface area contributed by atoms with Gasteiger partial charge in [0.1, 0.15) is 0 Å². The fourth-order valence-corrected chi connectivity index (χ4v) is 10.6. The summed E-state index contributed by atoms with van der Waals surface area (Å²) in [5.74, 6) is 0. The minimum Gasteiger partial charge on any atom is -0.309 e. The number of hydrogen-bond acceptors (Lipinski definition) is 1. The van der Waals surface area contributed by atoms with E-state index in [0.29, 0.717) is 0 Å². The van der Waals surface area contributed by atoms with E-state index in [1.807, 2.05) is 12.3 Å². The summed E-state index contributed by atoms with van der Waals surface area (Å²) < 4.78 is 2.38. The molecular formula is C36H28N2Si. The van der Waals surface area contributed by atoms with Crippen LogP contribution in [0.1, 0.15) is 5.56 Å². The summed E-state index contributed by atoms with van der Waals surface area (Å²) >= 11 is 0. The largest absolute Gasteiger partial charge is 0.309 e. The highest BCUT2D eigenvalue weighted by atomic mass is 28.3. The van der Waals surface area contributed by atoms with Crippen LogP contribution in [0.4, 0.5) is 0 Å². The second-order valence-corrected chi connectivity index (χ2v) is 13.9. The lowest BCUT2D eigenvalue weighted by Gasteiger charge is -2.33. The molecule has 0 aliphatic heterocycles. The standard InChI is InChI=1S/C36H28N2Si/c1-27-19-21-30(22-20-27)39(29-14-6-3-7-15-29,36-18-10-11-25-37-36)31-23-24-35-33(26-31)32-16-8-9-17-34(32)38(35)28-12-4-2-5-13-28/h2-26H,1H3. The second-order valence-electron chi connectivity index (χ2n) is 10.1. The molecule has 7 aromatic rings. The molecular weight excluding hydrogens is 488 g/mol. The molecule has 0 fully saturated rings. The Morgan fingerprint density at radius 3 is 1.87 bits per heavy atom. The van der Waals surface area contributed by atoms with Crippen molar-refractivity contribution in [1.82, 2.24) is 9.55 Å². The molecule has 0 aliphatic rings. The Bertz CT molecular complexity index is 1850. The molecule has 2 heterocycles. The Morgan fingerprint density at radius 1 is 0.513 bits per heavy atom. The quantitative estimate of drug-likeness (QED) is 0.207. The van der Waals surface area contributed by atoms with Crippen LogP contribution in [0.15, 0.2) is 152 Å². The molecule has 0 aliphatic carbocycles. The van der Waals surface area contributed by atoms with Gasteiger partial charge in [-0.3, -0.25) is 4.98 Å². The minimum atomic E-state index is -2.72. The number of benzene rings is 5. The molecule has 2 aromatic heterocycles. The maximum absolute atomic E-state index is 5.05. The van der Waals surface area contributed by atoms with Crippen LogP contribution in [0.2, 0.25) is 0 Å². The third kappa shape index (κ3) is 3.74. The predicted molar refractivity (Wildman–Crippen MR) is 167 cm³/mol. The zero-order valence-electron chi connectivity index (χ0n) is 21.8. The summed E-state index contributed by atoms with van der Waals surface area (Å²) in [6.07, 6.45) is 1.94. The molecule has 7 rings (SSSR count). The predicted octanol–water partition coefficient (Wildman–Crippen LogP) is 5.86. The van der Waals surface area contributed by atoms with Crippen LogP contribution in [0.5, 0.6) is 0 Å². The Hall–Kier alpha value is -4.73. The van der Waals surface area contributed by atoms with E-state index < -0.39 is 8.07 Å². The Morgan fingerprint density at radius 2 is 1.13 bits per heavy atom. The average Bonchev–Trinajstić information content (AvgIpc) is 3.34. The smallest absolute Gasteiger partial charge is 0.201 e. The van der Waals surface area contributed by atoms with Gasteiger partial charge in [-0.2, -0.15) is 0 Å². The van der Waals surface area contributed by atoms with Gasteiger partial charge < -0.3 is 4.57 Å². The molecule has 5 aromatic carbocycles. The van der Waals surface area contributed by atoms with Crippen LogP contribution in [0.3, 0.4) is 0 Å². The van der Waals surface area contributed by atoms with Crippen molar-refractivity contribution in [3.05, 3.63) is 157 Å². The van der Waals surface area contributed by atoms with Crippen LogP contribution in [-0.2, 0) is 0 Å². The van der Waals surface area contributed by atoms with Gasteiger partial charge in [-0.1, -0.05) is 115 Å². The molecule has 0 radical (unpaired) electrons. The Balaban J connectivity index is 1.61. The van der Waals surface area contributed by atoms with E-state index in [2.05, 4.69) is 151 Å². The first-order valence-electron chi connectivity index (χ1n) is 13.4. The maximum Gasteiger partial charge on any atom is 0.201 e. The number of nitrogens with zero attached hydrogens (tertiary/aromatic N) is 2. The summed E-state index contributed by atoms with van der Waals surface area (Å²) in [5.41, 5.74) is 4.87. The summed E-state index contributed by atoms with van der Waals surface area (Å²) in [6.45, 7) is 2.15. The van der Waals surface area contributed by atoms with Crippen LogP contribution < -0.4 is 20.9 Å². The number of aromatic nitrogens is 2. The van der Waals surface area contributed by atoms with Crippen molar-refractivity contribution in [3.63, 3.8) is 0 Å². The topological polar surface area (TPSA) is 17.8 Å². The van der Waals surface area contributed by atoms with Crippen molar-refractivity contribution in [2.24, 2.45) is 0 Å². The molecule has 3 heteroatoms. The minimum absolute atomic E-state index is 1.14. The Kier molecular flexibility index (Phi) is 5.72. The van der Waals surface area contributed by atoms with Gasteiger partial charge in [0.25, 0.3) is 0 Å². The van der Waals surface area contributed by atoms with Crippen molar-refractivity contribution in [2.45, 2.75) is 6.92 Å². The highest BCUT2D eigenvalue weighted by Crippen LogP contribution is 2.31. The fourth-order valence-electron chi connectivity index (χ4n) is 6.08. The summed E-state index contributed by atoms with van der Waals surface area (Å²) in [5, 5.41) is 7.68. The third-order valence-corrected chi connectivity index (χ3v) is 12.5. The fraction of sp³-hybridized carbons (Fsp3) is 0.0278. The Labute approximate surface area is 229 Å². The number of aryl methyl sites for hydroxylation is 1. The first-order chi connectivity index (χ1) is 19.3. The maximum atomic E-state index is 5.05. The van der Waals surface area contributed by atoms with E-state index in [1.165, 1.54) is 48.6 Å². The molecule has 0 saturated heterocycles. The number of fused-ring (bicyclic) bond motifs is 3. The zero-order chi connectivity index (χ0) is 26.2. The van der Waals surface area contributed by atoms with Gasteiger partial charge in [0.15, 0.2) is 0 Å². The zero-order valence-corrected chi connectivity index (χ0v) is 22.8. The first kappa shape index (κ1) is 23.4. The molecule has 0 N–H and O–H groups in total. The van der Waals surface area contributed by atoms with Crippen molar-refractivity contribution in [3.8, 4) is 5.69 Å². The van der Waals surface area contributed by atoms with Crippen LogP contribution in [0.25, 0.3) is 27.5 Å². The highest BCUT2D eigenvalue weighted by molar-refractivity contribution is 7.19. The van der Waals surface area contributed by atoms with Crippen molar-refractivity contribution >= 4 is 50.8 Å². The molecule has 1 unspecified atom stereocenters. The first-order valence-corrected chi connectivity index (χ1v) is 15.4. The van der Waals surface area contributed by atoms with Crippen LogP contribution in [-0.4, -0.2) is 17.6 Å². The summed E-state index contributed by atoms with van der Waals surface area (Å²) in [6, 6.07) is 53.0. The lowest BCUT2D eigenvalue weighted by molar-refractivity contribution is 1.18. The highest BCUT2D eigenvalue weighted by Gasteiger charge is 2.43. The second kappa shape index (κ2) is 9.54. The summed E-state index contributed by atoms with van der Waals surface area (Å²) in [7, 11) is -2.72. The van der Waals surface area contributed by atoms with Crippen molar-refractivity contribution in [2.75, 3.05) is 0 Å². The molecule has 0 spiro atoms. The number of hydrogen-bond donors (Lipinski definition) is 0. The SMILES string of the molecule is Cc1ccc([Si](c2ccccc2)(c2ccc3c(c2)c2ccccc2n3-c2ccccc2)c2ccccn2)cc1. The van der Waals surface area contributed by atoms with Crippen LogP contribution in [0, 0.1) is 6.92 Å². The van der Waals surface area contributed by atoms with E-state index in [-0.39, 0.29) is 0 Å². The van der Waals surface area contributed by atoms with E-state index in [9.17, 15) is 0 Å². The molecule has 2 nitrogen and oxygen atoms in total. The normalized spacial score (nSPS) is 12.9. The van der Waals surface area contributed by atoms with E-state index in [0.717, 1.165) is 5.32 Å². The van der Waals surface area contributed by atoms with Gasteiger partial charge in [0, 0.05) is 28.0 Å². The van der Waals surface area contributed by atoms with Crippen molar-refractivity contribution in [1.29, 1.82) is 0 Å². The number of rotatable bonds is 5. The van der Waals surface area contributed by atoms with Gasteiger partial charge in [-0.25, -0.2) is 0 Å². The van der Waals surface area contributed by atoms with E-state index in [4.69, 9.17) is 4.98 Å². The lowest BCUT2D eigenvalue weighted by atomic mass is 10.1. The van der Waals surface area contributed by atoms with E-state index in [1.54, 1.807) is 0 Å². The monoisotopic (exact) mass is 516 g/mol. The van der Waals surface area contributed by atoms with Gasteiger partial charge in [-0.15, -0.1) is 0 Å². The molecule has 1 atom stereocenters. The third-order valence-electron chi connectivity index (χ3n) is 7.86. The van der Waals surface area contributed by atoms with Crippen molar-refractivity contribution < 1.29 is 0 Å². The molecule has 39 heavy (non-hydrogen) atoms. The molecule has 186 valence electrons. The van der Waals surface area contributed by atoms with E-state index >= 15 is 0 Å².